The second-order valence-corrected chi connectivity index (χ2v) is 6.75. The first kappa shape index (κ1) is 15.6. The van der Waals surface area contributed by atoms with Crippen LogP contribution >= 0.6 is 23.2 Å². The molecular formula is C11H16Cl2N2O2S. The molecule has 0 unspecified atom stereocenters. The van der Waals surface area contributed by atoms with Crippen molar-refractivity contribution in [2.24, 2.45) is 0 Å². The third-order valence-corrected chi connectivity index (χ3v) is 5.35. The van der Waals surface area contributed by atoms with E-state index in [4.69, 9.17) is 28.9 Å². The van der Waals surface area contributed by atoms with E-state index in [-0.39, 0.29) is 20.6 Å². The number of hydrogen-bond acceptors (Lipinski definition) is 3. The van der Waals surface area contributed by atoms with E-state index in [2.05, 4.69) is 0 Å². The minimum atomic E-state index is -3.62. The van der Waals surface area contributed by atoms with E-state index < -0.39 is 10.0 Å². The van der Waals surface area contributed by atoms with Gasteiger partial charge in [-0.3, -0.25) is 0 Å². The Morgan fingerprint density at radius 3 is 2.50 bits per heavy atom. The van der Waals surface area contributed by atoms with Crippen LogP contribution in [0.25, 0.3) is 0 Å². The molecule has 0 aromatic heterocycles. The molecule has 0 spiro atoms. The van der Waals surface area contributed by atoms with Crippen molar-refractivity contribution in [2.75, 3.05) is 19.3 Å². The van der Waals surface area contributed by atoms with Gasteiger partial charge in [-0.05, 0) is 18.6 Å². The first-order valence-corrected chi connectivity index (χ1v) is 7.71. The van der Waals surface area contributed by atoms with Crippen LogP contribution in [0.1, 0.15) is 19.8 Å². The van der Waals surface area contributed by atoms with E-state index >= 15 is 0 Å². The monoisotopic (exact) mass is 310 g/mol. The maximum absolute atomic E-state index is 12.3. The van der Waals surface area contributed by atoms with Crippen molar-refractivity contribution in [2.45, 2.75) is 24.7 Å². The number of benzene rings is 1. The predicted octanol–water partition coefficient (Wildman–Crippen LogP) is 3.00. The van der Waals surface area contributed by atoms with Crippen LogP contribution in [0.2, 0.25) is 10.0 Å². The minimum Gasteiger partial charge on any atom is -0.396 e. The average Bonchev–Trinajstić information content (AvgIpc) is 2.32. The van der Waals surface area contributed by atoms with Gasteiger partial charge in [0.1, 0.15) is 4.90 Å². The van der Waals surface area contributed by atoms with Gasteiger partial charge in [-0.15, -0.1) is 0 Å². The quantitative estimate of drug-likeness (QED) is 0.850. The summed E-state index contributed by atoms with van der Waals surface area (Å²) >= 11 is 11.7. The van der Waals surface area contributed by atoms with Gasteiger partial charge >= 0.3 is 0 Å². The largest absolute Gasteiger partial charge is 0.396 e. The fourth-order valence-corrected chi connectivity index (χ4v) is 3.36. The van der Waals surface area contributed by atoms with E-state index in [0.29, 0.717) is 6.54 Å². The highest BCUT2D eigenvalue weighted by molar-refractivity contribution is 7.89. The van der Waals surface area contributed by atoms with Crippen LogP contribution in [0.15, 0.2) is 17.0 Å². The number of rotatable bonds is 5. The van der Waals surface area contributed by atoms with Crippen molar-refractivity contribution in [3.05, 3.63) is 22.2 Å². The van der Waals surface area contributed by atoms with Crippen LogP contribution in [-0.4, -0.2) is 26.3 Å². The number of nitrogens with zero attached hydrogens (tertiary/aromatic N) is 1. The van der Waals surface area contributed by atoms with Gasteiger partial charge in [-0.25, -0.2) is 12.7 Å². The molecule has 7 heteroatoms. The van der Waals surface area contributed by atoms with Crippen molar-refractivity contribution < 1.29 is 8.42 Å². The van der Waals surface area contributed by atoms with Crippen LogP contribution in [0.3, 0.4) is 0 Å². The van der Waals surface area contributed by atoms with Crippen LogP contribution in [0.4, 0.5) is 5.69 Å². The predicted molar refractivity (Wildman–Crippen MR) is 75.6 cm³/mol. The van der Waals surface area contributed by atoms with Crippen molar-refractivity contribution in [3.8, 4) is 0 Å². The van der Waals surface area contributed by atoms with E-state index in [9.17, 15) is 8.42 Å². The van der Waals surface area contributed by atoms with E-state index in [1.165, 1.54) is 23.5 Å². The molecule has 0 radical (unpaired) electrons. The van der Waals surface area contributed by atoms with Gasteiger partial charge in [0, 0.05) is 13.6 Å². The molecule has 0 saturated carbocycles. The molecule has 0 aliphatic carbocycles. The summed E-state index contributed by atoms with van der Waals surface area (Å²) < 4.78 is 25.8. The molecule has 2 N–H and O–H groups in total. The summed E-state index contributed by atoms with van der Waals surface area (Å²) in [6.45, 7) is 2.44. The summed E-state index contributed by atoms with van der Waals surface area (Å²) in [6.07, 6.45) is 1.70. The number of nitrogens with two attached hydrogens (primary N) is 1. The molecule has 1 aromatic rings. The van der Waals surface area contributed by atoms with E-state index in [1.54, 1.807) is 0 Å². The van der Waals surface area contributed by atoms with Gasteiger partial charge in [0.15, 0.2) is 0 Å². The van der Waals surface area contributed by atoms with Crippen molar-refractivity contribution in [1.82, 2.24) is 4.31 Å². The lowest BCUT2D eigenvalue weighted by molar-refractivity contribution is 0.459. The zero-order chi connectivity index (χ0) is 13.9. The number of unbranched alkanes of at least 4 members (excludes halogenated alkanes) is 1. The zero-order valence-electron chi connectivity index (χ0n) is 10.3. The summed E-state index contributed by atoms with van der Waals surface area (Å²) in [5, 5.41) is 0.223. The molecular weight excluding hydrogens is 295 g/mol. The lowest BCUT2D eigenvalue weighted by Gasteiger charge is -2.18. The van der Waals surface area contributed by atoms with Gasteiger partial charge < -0.3 is 5.73 Å². The lowest BCUT2D eigenvalue weighted by Crippen LogP contribution is -2.28. The number of sulfonamides is 1. The fraction of sp³-hybridized carbons (Fsp3) is 0.455. The molecule has 1 aromatic carbocycles. The minimum absolute atomic E-state index is 0.00957. The molecule has 0 saturated heterocycles. The highest BCUT2D eigenvalue weighted by atomic mass is 35.5. The number of anilines is 1. The zero-order valence-corrected chi connectivity index (χ0v) is 12.6. The Hall–Kier alpha value is -0.490. The standard InChI is InChI=1S/C11H16Cl2N2O2S/c1-3-4-7-15(2)18(16,17)9-6-5-8(12)11(14)10(9)13/h5-6H,3-4,7,14H2,1-2H3. The van der Waals surface area contributed by atoms with Crippen LogP contribution < -0.4 is 5.73 Å². The highest BCUT2D eigenvalue weighted by Gasteiger charge is 2.24. The first-order chi connectivity index (χ1) is 8.32. The Labute approximate surface area is 118 Å². The Morgan fingerprint density at radius 2 is 1.94 bits per heavy atom. The molecule has 0 aliphatic rings. The number of halogens is 2. The molecule has 0 heterocycles. The summed E-state index contributed by atoms with van der Waals surface area (Å²) in [7, 11) is -2.10. The average molecular weight is 311 g/mol. The Bertz CT molecular complexity index is 532. The smallest absolute Gasteiger partial charge is 0.244 e. The molecule has 0 aliphatic heterocycles. The molecule has 0 fully saturated rings. The van der Waals surface area contributed by atoms with Crippen LogP contribution in [0, 0.1) is 0 Å². The maximum Gasteiger partial charge on any atom is 0.244 e. The van der Waals surface area contributed by atoms with Gasteiger partial charge in [-0.2, -0.15) is 0 Å². The molecule has 102 valence electrons. The van der Waals surface area contributed by atoms with Crippen LogP contribution in [0.5, 0.6) is 0 Å². The van der Waals surface area contributed by atoms with Crippen molar-refractivity contribution in [1.29, 1.82) is 0 Å². The van der Waals surface area contributed by atoms with Gasteiger partial charge in [0.25, 0.3) is 0 Å². The van der Waals surface area contributed by atoms with Crippen LogP contribution in [-0.2, 0) is 10.0 Å². The highest BCUT2D eigenvalue weighted by Crippen LogP contribution is 2.34. The molecule has 0 atom stereocenters. The molecule has 18 heavy (non-hydrogen) atoms. The Balaban J connectivity index is 3.17. The van der Waals surface area contributed by atoms with E-state index in [1.807, 2.05) is 6.92 Å². The summed E-state index contributed by atoms with van der Waals surface area (Å²) in [4.78, 5) is -0.00957. The summed E-state index contributed by atoms with van der Waals surface area (Å²) in [5.41, 5.74) is 5.72. The topological polar surface area (TPSA) is 63.4 Å². The second kappa shape index (κ2) is 6.10. The summed E-state index contributed by atoms with van der Waals surface area (Å²) in [5.74, 6) is 0. The summed E-state index contributed by atoms with van der Waals surface area (Å²) in [6, 6.07) is 2.81. The van der Waals surface area contributed by atoms with E-state index in [0.717, 1.165) is 12.8 Å². The normalized spacial score (nSPS) is 12.1. The van der Waals surface area contributed by atoms with Crippen molar-refractivity contribution >= 4 is 38.9 Å². The molecule has 0 amide bonds. The van der Waals surface area contributed by atoms with Gasteiger partial charge in [0.2, 0.25) is 10.0 Å². The Morgan fingerprint density at radius 1 is 1.33 bits per heavy atom. The molecule has 4 nitrogen and oxygen atoms in total. The fourth-order valence-electron chi connectivity index (χ4n) is 1.42. The molecule has 0 bridgehead atoms. The van der Waals surface area contributed by atoms with Crippen molar-refractivity contribution in [3.63, 3.8) is 0 Å². The third-order valence-electron chi connectivity index (χ3n) is 2.61. The first-order valence-electron chi connectivity index (χ1n) is 5.52. The Kier molecular flexibility index (Phi) is 5.28. The molecule has 1 rings (SSSR count). The van der Waals surface area contributed by atoms with Gasteiger partial charge in [-0.1, -0.05) is 36.5 Å². The van der Waals surface area contributed by atoms with Gasteiger partial charge in [0.05, 0.1) is 15.7 Å². The number of nitrogen functional groups attached to an aromatic ring is 1. The lowest BCUT2D eigenvalue weighted by atomic mass is 10.3. The third kappa shape index (κ3) is 3.09. The number of hydrogen-bond donors (Lipinski definition) is 1. The second-order valence-electron chi connectivity index (χ2n) is 3.95. The maximum atomic E-state index is 12.3. The SMILES string of the molecule is CCCCN(C)S(=O)(=O)c1ccc(Cl)c(N)c1Cl.